The maximum Gasteiger partial charge on any atom is 0.293 e. The summed E-state index contributed by atoms with van der Waals surface area (Å²) in [6.07, 6.45) is 0.597. The molecule has 0 saturated heterocycles. The van der Waals surface area contributed by atoms with E-state index >= 15 is 0 Å². The summed E-state index contributed by atoms with van der Waals surface area (Å²) in [6.45, 7) is 0.609. The Morgan fingerprint density at radius 3 is 2.92 bits per heavy atom. The van der Waals surface area contributed by atoms with Crippen LogP contribution in [0.5, 0.6) is 0 Å². The first-order valence-corrected chi connectivity index (χ1v) is 3.71. The SMILES string of the molecule is O=CNc1cccc(COC=O)c1. The Hall–Kier alpha value is -1.84. The van der Waals surface area contributed by atoms with Gasteiger partial charge in [-0.3, -0.25) is 9.59 Å². The summed E-state index contributed by atoms with van der Waals surface area (Å²) in [4.78, 5) is 20.0. The number of ether oxygens (including phenoxy) is 1. The van der Waals surface area contributed by atoms with Gasteiger partial charge in [-0.05, 0) is 17.7 Å². The number of benzene rings is 1. The molecule has 0 spiro atoms. The summed E-state index contributed by atoms with van der Waals surface area (Å²) in [6, 6.07) is 7.06. The summed E-state index contributed by atoms with van der Waals surface area (Å²) in [5.74, 6) is 0. The van der Waals surface area contributed by atoms with Gasteiger partial charge in [0.1, 0.15) is 6.61 Å². The molecular formula is C9H9NO3. The van der Waals surface area contributed by atoms with Gasteiger partial charge in [-0.2, -0.15) is 0 Å². The van der Waals surface area contributed by atoms with E-state index < -0.39 is 0 Å². The fraction of sp³-hybridized carbons (Fsp3) is 0.111. The number of hydrogen-bond donors (Lipinski definition) is 1. The molecule has 68 valence electrons. The maximum absolute atomic E-state index is 10.1. The number of amides is 1. The molecule has 0 unspecified atom stereocenters. The maximum atomic E-state index is 10.1. The Kier molecular flexibility index (Phi) is 3.50. The van der Waals surface area contributed by atoms with Crippen LogP contribution in [0.15, 0.2) is 24.3 Å². The van der Waals surface area contributed by atoms with Gasteiger partial charge in [0.15, 0.2) is 0 Å². The summed E-state index contributed by atoms with van der Waals surface area (Å²) in [5.41, 5.74) is 1.51. The number of hydrogen-bond acceptors (Lipinski definition) is 3. The van der Waals surface area contributed by atoms with Gasteiger partial charge in [0, 0.05) is 5.69 Å². The van der Waals surface area contributed by atoms with Crippen LogP contribution in [0, 0.1) is 0 Å². The molecule has 0 atom stereocenters. The van der Waals surface area contributed by atoms with Crippen molar-refractivity contribution in [2.45, 2.75) is 6.61 Å². The van der Waals surface area contributed by atoms with Gasteiger partial charge >= 0.3 is 0 Å². The van der Waals surface area contributed by atoms with Crippen molar-refractivity contribution in [3.8, 4) is 0 Å². The minimum Gasteiger partial charge on any atom is -0.463 e. The molecule has 4 nitrogen and oxygen atoms in total. The highest BCUT2D eigenvalue weighted by molar-refractivity contribution is 5.71. The fourth-order valence-electron chi connectivity index (χ4n) is 0.949. The lowest BCUT2D eigenvalue weighted by molar-refractivity contribution is -0.129. The van der Waals surface area contributed by atoms with E-state index in [1.807, 2.05) is 0 Å². The topological polar surface area (TPSA) is 55.4 Å². The lowest BCUT2D eigenvalue weighted by atomic mass is 10.2. The molecule has 0 aliphatic carbocycles. The first kappa shape index (κ1) is 9.25. The highest BCUT2D eigenvalue weighted by Crippen LogP contribution is 2.10. The van der Waals surface area contributed by atoms with Crippen LogP contribution in [0.3, 0.4) is 0 Å². The monoisotopic (exact) mass is 179 g/mol. The molecule has 0 fully saturated rings. The van der Waals surface area contributed by atoms with Crippen molar-refractivity contribution in [3.05, 3.63) is 29.8 Å². The highest BCUT2D eigenvalue weighted by atomic mass is 16.5. The van der Waals surface area contributed by atoms with Gasteiger partial charge in [0.05, 0.1) is 0 Å². The third kappa shape index (κ3) is 2.94. The van der Waals surface area contributed by atoms with Gasteiger partial charge in [0.2, 0.25) is 6.41 Å². The lowest BCUT2D eigenvalue weighted by Gasteiger charge is -2.02. The smallest absolute Gasteiger partial charge is 0.293 e. The number of carbonyl (C=O) groups excluding carboxylic acids is 2. The van der Waals surface area contributed by atoms with Crippen LogP contribution in [0.2, 0.25) is 0 Å². The van der Waals surface area contributed by atoms with Crippen LogP contribution >= 0.6 is 0 Å². The number of nitrogens with one attached hydrogen (secondary N) is 1. The minimum atomic E-state index is 0.220. The van der Waals surface area contributed by atoms with Crippen LogP contribution in [-0.4, -0.2) is 12.9 Å². The summed E-state index contributed by atoms with van der Waals surface area (Å²) in [7, 11) is 0. The standard InChI is InChI=1S/C9H9NO3/c11-6-10-9-3-1-2-8(4-9)5-13-7-12/h1-4,6-7H,5H2,(H,10,11). The van der Waals surface area contributed by atoms with E-state index in [-0.39, 0.29) is 6.61 Å². The van der Waals surface area contributed by atoms with Crippen LogP contribution in [0.4, 0.5) is 5.69 Å². The zero-order valence-electron chi connectivity index (χ0n) is 6.90. The van der Waals surface area contributed by atoms with E-state index in [9.17, 15) is 9.59 Å². The molecule has 1 N–H and O–H groups in total. The second kappa shape index (κ2) is 4.92. The number of carbonyl (C=O) groups is 2. The average molecular weight is 179 g/mol. The molecule has 1 rings (SSSR count). The first-order valence-electron chi connectivity index (χ1n) is 3.71. The number of anilines is 1. The zero-order valence-corrected chi connectivity index (χ0v) is 6.90. The van der Waals surface area contributed by atoms with E-state index in [2.05, 4.69) is 10.1 Å². The second-order valence-corrected chi connectivity index (χ2v) is 2.37. The van der Waals surface area contributed by atoms with Gasteiger partial charge in [-0.25, -0.2) is 0 Å². The van der Waals surface area contributed by atoms with Crippen molar-refractivity contribution in [3.63, 3.8) is 0 Å². The highest BCUT2D eigenvalue weighted by Gasteiger charge is 1.94. The second-order valence-electron chi connectivity index (χ2n) is 2.37. The Labute approximate surface area is 75.5 Å². The molecule has 0 bridgehead atoms. The average Bonchev–Trinajstić information content (AvgIpc) is 2.16. The molecule has 0 aliphatic rings. The fourth-order valence-corrected chi connectivity index (χ4v) is 0.949. The van der Waals surface area contributed by atoms with E-state index in [0.29, 0.717) is 18.6 Å². The van der Waals surface area contributed by atoms with E-state index in [1.165, 1.54) is 0 Å². The van der Waals surface area contributed by atoms with Gasteiger partial charge in [0.25, 0.3) is 6.47 Å². The quantitative estimate of drug-likeness (QED) is 0.684. The minimum absolute atomic E-state index is 0.220. The molecular weight excluding hydrogens is 170 g/mol. The van der Waals surface area contributed by atoms with Crippen molar-refractivity contribution in [2.75, 3.05) is 5.32 Å². The van der Waals surface area contributed by atoms with Crippen LogP contribution < -0.4 is 5.32 Å². The van der Waals surface area contributed by atoms with E-state index in [0.717, 1.165) is 5.56 Å². The van der Waals surface area contributed by atoms with Crippen molar-refractivity contribution in [2.24, 2.45) is 0 Å². The summed E-state index contributed by atoms with van der Waals surface area (Å²) in [5, 5.41) is 2.50. The molecule has 0 radical (unpaired) electrons. The van der Waals surface area contributed by atoms with Crippen molar-refractivity contribution < 1.29 is 14.3 Å². The number of rotatable bonds is 5. The largest absolute Gasteiger partial charge is 0.463 e. The van der Waals surface area contributed by atoms with Crippen molar-refractivity contribution >= 4 is 18.6 Å². The lowest BCUT2D eigenvalue weighted by Crippen LogP contribution is -1.95. The Morgan fingerprint density at radius 2 is 2.23 bits per heavy atom. The van der Waals surface area contributed by atoms with E-state index in [4.69, 9.17) is 0 Å². The Bertz CT molecular complexity index is 299. The molecule has 0 saturated carbocycles. The predicted molar refractivity (Wildman–Crippen MR) is 47.0 cm³/mol. The third-order valence-electron chi connectivity index (χ3n) is 1.47. The molecule has 4 heteroatoms. The zero-order chi connectivity index (χ0) is 9.52. The molecule has 13 heavy (non-hydrogen) atoms. The molecule has 1 aromatic rings. The molecule has 0 aromatic heterocycles. The summed E-state index contributed by atoms with van der Waals surface area (Å²) < 4.78 is 4.56. The van der Waals surface area contributed by atoms with Crippen molar-refractivity contribution in [1.29, 1.82) is 0 Å². The molecule has 0 heterocycles. The van der Waals surface area contributed by atoms with Gasteiger partial charge in [-0.1, -0.05) is 12.1 Å². The van der Waals surface area contributed by atoms with Gasteiger partial charge in [-0.15, -0.1) is 0 Å². The van der Waals surface area contributed by atoms with Crippen LogP contribution in [0.25, 0.3) is 0 Å². The predicted octanol–water partition coefficient (Wildman–Crippen LogP) is 0.928. The van der Waals surface area contributed by atoms with Crippen LogP contribution in [-0.2, 0) is 20.9 Å². The van der Waals surface area contributed by atoms with E-state index in [1.54, 1.807) is 24.3 Å². The van der Waals surface area contributed by atoms with Gasteiger partial charge < -0.3 is 10.1 Å². The normalized spacial score (nSPS) is 8.92. The molecule has 0 aliphatic heterocycles. The molecule has 1 aromatic carbocycles. The third-order valence-corrected chi connectivity index (χ3v) is 1.47. The summed E-state index contributed by atoms with van der Waals surface area (Å²) >= 11 is 0. The Morgan fingerprint density at radius 1 is 1.38 bits per heavy atom. The molecule has 1 amide bonds. The Balaban J connectivity index is 2.66. The van der Waals surface area contributed by atoms with Crippen molar-refractivity contribution in [1.82, 2.24) is 0 Å². The first-order chi connectivity index (χ1) is 6.36. The van der Waals surface area contributed by atoms with Crippen LogP contribution in [0.1, 0.15) is 5.56 Å².